The van der Waals surface area contributed by atoms with E-state index in [1.54, 1.807) is 18.2 Å². The molecule has 0 saturated heterocycles. The van der Waals surface area contributed by atoms with Crippen LogP contribution in [0.25, 0.3) is 0 Å². The Morgan fingerprint density at radius 2 is 1.86 bits per heavy atom. The van der Waals surface area contributed by atoms with E-state index in [1.807, 2.05) is 12.1 Å². The molecule has 2 aromatic rings. The van der Waals surface area contributed by atoms with Gasteiger partial charge in [-0.25, -0.2) is 9.00 Å². The second kappa shape index (κ2) is 5.38. The van der Waals surface area contributed by atoms with Crippen molar-refractivity contribution in [3.8, 4) is 0 Å². The van der Waals surface area contributed by atoms with E-state index in [2.05, 4.69) is 5.32 Å². The average Bonchev–Trinajstić information content (AvgIpc) is 2.53. The Morgan fingerprint density at radius 1 is 1.14 bits per heavy atom. The Morgan fingerprint density at radius 3 is 2.55 bits per heavy atom. The molecule has 1 aliphatic heterocycles. The van der Waals surface area contributed by atoms with Gasteiger partial charge in [-0.1, -0.05) is 24.3 Å². The molecule has 0 fully saturated rings. The first-order valence-electron chi connectivity index (χ1n) is 6.65. The maximum absolute atomic E-state index is 12.8. The molecule has 0 saturated carbocycles. The smallest absolute Gasteiger partial charge is 0.337 e. The maximum Gasteiger partial charge on any atom is 0.337 e. The van der Waals surface area contributed by atoms with Crippen LogP contribution in [0.2, 0.25) is 0 Å². The van der Waals surface area contributed by atoms with Crippen LogP contribution in [0.4, 0.5) is 0 Å². The first-order chi connectivity index (χ1) is 10.5. The number of carbonyl (C=O) groups excluding carboxylic acids is 1. The Labute approximate surface area is 129 Å². The second-order valence-electron chi connectivity index (χ2n) is 4.91. The summed E-state index contributed by atoms with van der Waals surface area (Å²) in [4.78, 5) is 24.4. The van der Waals surface area contributed by atoms with Gasteiger partial charge in [0, 0.05) is 11.9 Å². The Balaban J connectivity index is 2.29. The van der Waals surface area contributed by atoms with Gasteiger partial charge in [-0.05, 0) is 29.7 Å². The van der Waals surface area contributed by atoms with Crippen LogP contribution in [0.5, 0.6) is 0 Å². The zero-order valence-corrected chi connectivity index (χ0v) is 12.6. The van der Waals surface area contributed by atoms with Crippen LogP contribution in [0.15, 0.2) is 46.2 Å². The van der Waals surface area contributed by atoms with Gasteiger partial charge >= 0.3 is 5.97 Å². The van der Waals surface area contributed by atoms with E-state index in [0.29, 0.717) is 16.9 Å². The molecule has 1 aliphatic rings. The molecule has 112 valence electrons. The summed E-state index contributed by atoms with van der Waals surface area (Å²) in [6, 6.07) is 10.4. The molecule has 1 heterocycles. The number of aromatic carboxylic acids is 1. The summed E-state index contributed by atoms with van der Waals surface area (Å²) < 4.78 is 12.8. The molecule has 22 heavy (non-hydrogen) atoms. The van der Waals surface area contributed by atoms with Crippen LogP contribution in [-0.4, -0.2) is 28.2 Å². The predicted molar refractivity (Wildman–Crippen MR) is 80.7 cm³/mol. The van der Waals surface area contributed by atoms with Gasteiger partial charge in [-0.15, -0.1) is 0 Å². The van der Waals surface area contributed by atoms with Crippen molar-refractivity contribution in [3.05, 3.63) is 58.7 Å². The van der Waals surface area contributed by atoms with Crippen LogP contribution >= 0.6 is 0 Å². The molecule has 0 bridgehead atoms. The maximum atomic E-state index is 12.8. The standard InChI is InChI=1S/C16H13NO4S/c1-17-15(18)11-7-6-10-8-9-4-2-3-5-12(9)22(21)14(10)13(11)16(19)20/h2-7H,8H2,1H3,(H,17,18)(H,19,20). The highest BCUT2D eigenvalue weighted by Crippen LogP contribution is 2.35. The Kier molecular flexibility index (Phi) is 3.54. The lowest BCUT2D eigenvalue weighted by atomic mass is 9.98. The van der Waals surface area contributed by atoms with Gasteiger partial charge in [0.25, 0.3) is 5.91 Å². The van der Waals surface area contributed by atoms with Crippen molar-refractivity contribution in [1.82, 2.24) is 5.32 Å². The van der Waals surface area contributed by atoms with Gasteiger partial charge in [0.2, 0.25) is 0 Å². The highest BCUT2D eigenvalue weighted by molar-refractivity contribution is 7.85. The van der Waals surface area contributed by atoms with Crippen molar-refractivity contribution in [2.24, 2.45) is 0 Å². The summed E-state index contributed by atoms with van der Waals surface area (Å²) in [7, 11) is -0.182. The SMILES string of the molecule is CNC(=O)c1ccc2c(c1C(=O)O)S(=O)c1ccccc1C2. The van der Waals surface area contributed by atoms with E-state index in [0.717, 1.165) is 5.56 Å². The lowest BCUT2D eigenvalue weighted by Crippen LogP contribution is -2.24. The van der Waals surface area contributed by atoms with E-state index in [4.69, 9.17) is 0 Å². The molecule has 1 unspecified atom stereocenters. The van der Waals surface area contributed by atoms with E-state index < -0.39 is 22.7 Å². The summed E-state index contributed by atoms with van der Waals surface area (Å²) >= 11 is 0. The Hall–Kier alpha value is -2.47. The van der Waals surface area contributed by atoms with Gasteiger partial charge < -0.3 is 10.4 Å². The molecule has 0 aliphatic carbocycles. The summed E-state index contributed by atoms with van der Waals surface area (Å²) in [5, 5.41) is 11.9. The van der Waals surface area contributed by atoms with Crippen molar-refractivity contribution < 1.29 is 18.9 Å². The molecule has 2 aromatic carbocycles. The van der Waals surface area contributed by atoms with Gasteiger partial charge in [0.15, 0.2) is 0 Å². The van der Waals surface area contributed by atoms with Gasteiger partial charge in [0.1, 0.15) is 0 Å². The highest BCUT2D eigenvalue weighted by atomic mass is 32.2. The monoisotopic (exact) mass is 315 g/mol. The first kappa shape index (κ1) is 14.5. The fourth-order valence-electron chi connectivity index (χ4n) is 2.66. The largest absolute Gasteiger partial charge is 0.478 e. The molecule has 0 radical (unpaired) electrons. The normalized spacial score (nSPS) is 15.6. The molecule has 3 rings (SSSR count). The molecule has 0 spiro atoms. The van der Waals surface area contributed by atoms with Crippen LogP contribution in [0.1, 0.15) is 31.8 Å². The topological polar surface area (TPSA) is 83.5 Å². The molecule has 2 N–H and O–H groups in total. The zero-order chi connectivity index (χ0) is 15.9. The van der Waals surface area contributed by atoms with Crippen molar-refractivity contribution in [2.75, 3.05) is 7.05 Å². The first-order valence-corrected chi connectivity index (χ1v) is 7.80. The molecular weight excluding hydrogens is 302 g/mol. The minimum Gasteiger partial charge on any atom is -0.478 e. The van der Waals surface area contributed by atoms with E-state index in [9.17, 15) is 18.9 Å². The summed E-state index contributed by atoms with van der Waals surface area (Å²) in [6.07, 6.45) is 0.506. The quantitative estimate of drug-likeness (QED) is 0.755. The fourth-order valence-corrected chi connectivity index (χ4v) is 4.22. The fraction of sp³-hybridized carbons (Fsp3) is 0.125. The van der Waals surface area contributed by atoms with Crippen LogP contribution in [0, 0.1) is 0 Å². The molecule has 6 heteroatoms. The number of carbonyl (C=O) groups is 2. The third-order valence-electron chi connectivity index (χ3n) is 3.66. The van der Waals surface area contributed by atoms with Gasteiger partial charge in [-0.2, -0.15) is 0 Å². The minimum atomic E-state index is -1.61. The molecule has 0 aromatic heterocycles. The predicted octanol–water partition coefficient (Wildman–Crippen LogP) is 1.82. The van der Waals surface area contributed by atoms with Crippen LogP contribution in [0.3, 0.4) is 0 Å². The summed E-state index contributed by atoms with van der Waals surface area (Å²) in [5.74, 6) is -1.75. The van der Waals surface area contributed by atoms with Crippen molar-refractivity contribution in [3.63, 3.8) is 0 Å². The molecular formula is C16H13NO4S. The summed E-state index contributed by atoms with van der Waals surface area (Å²) in [5.41, 5.74) is 1.45. The number of nitrogens with one attached hydrogen (secondary N) is 1. The number of fused-ring (bicyclic) bond motifs is 2. The van der Waals surface area contributed by atoms with Gasteiger partial charge in [0.05, 0.1) is 26.8 Å². The number of hydrogen-bond acceptors (Lipinski definition) is 3. The number of carboxylic acid groups (broad SMARTS) is 1. The number of amides is 1. The number of carboxylic acids is 1. The van der Waals surface area contributed by atoms with Crippen LogP contribution < -0.4 is 5.32 Å². The van der Waals surface area contributed by atoms with Crippen molar-refractivity contribution in [1.29, 1.82) is 0 Å². The summed E-state index contributed by atoms with van der Waals surface area (Å²) in [6.45, 7) is 0. The molecule has 1 atom stereocenters. The lowest BCUT2D eigenvalue weighted by molar-refractivity contribution is 0.0687. The number of rotatable bonds is 2. The lowest BCUT2D eigenvalue weighted by Gasteiger charge is -2.21. The van der Waals surface area contributed by atoms with E-state index in [1.165, 1.54) is 13.1 Å². The number of hydrogen-bond donors (Lipinski definition) is 2. The number of benzene rings is 2. The molecule has 5 nitrogen and oxygen atoms in total. The highest BCUT2D eigenvalue weighted by Gasteiger charge is 2.30. The van der Waals surface area contributed by atoms with Crippen LogP contribution in [-0.2, 0) is 17.2 Å². The van der Waals surface area contributed by atoms with E-state index >= 15 is 0 Å². The zero-order valence-electron chi connectivity index (χ0n) is 11.8. The second-order valence-corrected chi connectivity index (χ2v) is 6.30. The minimum absolute atomic E-state index is 0.0291. The van der Waals surface area contributed by atoms with Gasteiger partial charge in [-0.3, -0.25) is 4.79 Å². The Bertz CT molecular complexity index is 829. The third-order valence-corrected chi connectivity index (χ3v) is 5.30. The van der Waals surface area contributed by atoms with Crippen molar-refractivity contribution in [2.45, 2.75) is 16.2 Å². The third kappa shape index (κ3) is 2.12. The van der Waals surface area contributed by atoms with E-state index in [-0.39, 0.29) is 16.0 Å². The van der Waals surface area contributed by atoms with Crippen molar-refractivity contribution >= 4 is 22.7 Å². The molecule has 1 amide bonds. The average molecular weight is 315 g/mol.